The number of carbonyl (C=O) groups is 3. The van der Waals surface area contributed by atoms with Crippen LogP contribution >= 0.6 is 11.3 Å². The maximum Gasteiger partial charge on any atom is 0.321 e. The van der Waals surface area contributed by atoms with Crippen LogP contribution in [0.15, 0.2) is 48.5 Å². The van der Waals surface area contributed by atoms with Gasteiger partial charge < -0.3 is 20.9 Å². The first-order valence-corrected chi connectivity index (χ1v) is 10.9. The van der Waals surface area contributed by atoms with Crippen molar-refractivity contribution in [3.8, 4) is 0 Å². The Morgan fingerprint density at radius 3 is 2.42 bits per heavy atom. The molecule has 2 aromatic carbocycles. The molecule has 0 aliphatic carbocycles. The Hall–Kier alpha value is -3.46. The van der Waals surface area contributed by atoms with Crippen molar-refractivity contribution < 1.29 is 14.4 Å². The van der Waals surface area contributed by atoms with Crippen molar-refractivity contribution in [1.29, 1.82) is 0 Å². The van der Waals surface area contributed by atoms with E-state index < -0.39 is 0 Å². The third-order valence-electron chi connectivity index (χ3n) is 5.12. The summed E-state index contributed by atoms with van der Waals surface area (Å²) in [6.45, 7) is 2.51. The highest BCUT2D eigenvalue weighted by Crippen LogP contribution is 2.29. The van der Waals surface area contributed by atoms with Gasteiger partial charge in [0.25, 0.3) is 0 Å². The molecule has 0 saturated carbocycles. The number of piperidine rings is 1. The molecule has 1 saturated heterocycles. The minimum atomic E-state index is -0.164. The summed E-state index contributed by atoms with van der Waals surface area (Å²) in [6.07, 6.45) is 1.21. The molecule has 1 aromatic heterocycles. The summed E-state index contributed by atoms with van der Waals surface area (Å²) in [4.78, 5) is 42.5. The molecule has 4 amide bonds. The van der Waals surface area contributed by atoms with Gasteiger partial charge in [-0.15, -0.1) is 0 Å². The SMILES string of the molecule is CC(=O)Nc1ccc2nc(NC(=O)C3CCN(C(=O)Nc4ccccc4)CC3)sc2c1. The van der Waals surface area contributed by atoms with Gasteiger partial charge in [0.15, 0.2) is 5.13 Å². The van der Waals surface area contributed by atoms with Crippen LogP contribution in [0.4, 0.5) is 21.3 Å². The fourth-order valence-corrected chi connectivity index (χ4v) is 4.44. The molecule has 1 aliphatic heterocycles. The summed E-state index contributed by atoms with van der Waals surface area (Å²) in [5.74, 6) is -0.381. The van der Waals surface area contributed by atoms with Gasteiger partial charge in [0.2, 0.25) is 11.8 Å². The van der Waals surface area contributed by atoms with Crippen LogP contribution in [0.1, 0.15) is 19.8 Å². The lowest BCUT2D eigenvalue weighted by Gasteiger charge is -2.31. The Bertz CT molecular complexity index is 1110. The first kappa shape index (κ1) is 20.8. The van der Waals surface area contributed by atoms with Gasteiger partial charge in [-0.25, -0.2) is 9.78 Å². The molecule has 9 heteroatoms. The fraction of sp³-hybridized carbons (Fsp3) is 0.273. The number of benzene rings is 2. The number of para-hydroxylation sites is 1. The van der Waals surface area contributed by atoms with Crippen molar-refractivity contribution >= 4 is 55.9 Å². The number of aromatic nitrogens is 1. The van der Waals surface area contributed by atoms with E-state index in [0.29, 0.717) is 36.8 Å². The van der Waals surface area contributed by atoms with Crippen LogP contribution in [-0.4, -0.2) is 40.8 Å². The summed E-state index contributed by atoms with van der Waals surface area (Å²) < 4.78 is 0.883. The number of likely N-dealkylation sites (tertiary alicyclic amines) is 1. The van der Waals surface area contributed by atoms with Crippen molar-refractivity contribution in [1.82, 2.24) is 9.88 Å². The molecular formula is C22H23N5O3S. The standard InChI is InChI=1S/C22H23N5O3S/c1-14(28)23-17-7-8-18-19(13-17)31-21(25-18)26-20(29)15-9-11-27(12-10-15)22(30)24-16-5-3-2-4-6-16/h2-8,13,15H,9-12H2,1H3,(H,23,28)(H,24,30)(H,25,26,29). The minimum Gasteiger partial charge on any atom is -0.326 e. The highest BCUT2D eigenvalue weighted by Gasteiger charge is 2.28. The van der Waals surface area contributed by atoms with E-state index in [1.54, 1.807) is 11.0 Å². The van der Waals surface area contributed by atoms with Crippen LogP contribution in [0.5, 0.6) is 0 Å². The number of thiazole rings is 1. The molecule has 8 nitrogen and oxygen atoms in total. The molecule has 3 aromatic rings. The number of rotatable bonds is 4. The third kappa shape index (κ3) is 5.18. The van der Waals surface area contributed by atoms with Crippen molar-refractivity contribution in [3.05, 3.63) is 48.5 Å². The number of urea groups is 1. The molecule has 0 atom stereocenters. The number of carbonyl (C=O) groups excluding carboxylic acids is 3. The van der Waals surface area contributed by atoms with Crippen LogP contribution in [0.2, 0.25) is 0 Å². The smallest absolute Gasteiger partial charge is 0.321 e. The largest absolute Gasteiger partial charge is 0.326 e. The number of anilines is 3. The molecule has 0 bridgehead atoms. The molecule has 2 heterocycles. The molecule has 3 N–H and O–H groups in total. The van der Waals surface area contributed by atoms with E-state index in [1.807, 2.05) is 42.5 Å². The van der Waals surface area contributed by atoms with E-state index in [2.05, 4.69) is 20.9 Å². The highest BCUT2D eigenvalue weighted by molar-refractivity contribution is 7.22. The lowest BCUT2D eigenvalue weighted by molar-refractivity contribution is -0.121. The molecular weight excluding hydrogens is 414 g/mol. The van der Waals surface area contributed by atoms with Crippen LogP contribution < -0.4 is 16.0 Å². The quantitative estimate of drug-likeness (QED) is 0.571. The number of hydrogen-bond acceptors (Lipinski definition) is 5. The molecule has 0 spiro atoms. The number of amides is 4. The zero-order chi connectivity index (χ0) is 21.8. The maximum absolute atomic E-state index is 12.7. The maximum atomic E-state index is 12.7. The summed E-state index contributed by atoms with van der Waals surface area (Å²) in [5, 5.41) is 9.06. The van der Waals surface area contributed by atoms with Gasteiger partial charge in [-0.3, -0.25) is 9.59 Å². The molecule has 1 fully saturated rings. The van der Waals surface area contributed by atoms with Crippen molar-refractivity contribution in [2.75, 3.05) is 29.0 Å². The van der Waals surface area contributed by atoms with Crippen molar-refractivity contribution in [2.24, 2.45) is 5.92 Å². The lowest BCUT2D eigenvalue weighted by atomic mass is 9.96. The van der Waals surface area contributed by atoms with E-state index >= 15 is 0 Å². The molecule has 160 valence electrons. The Morgan fingerprint density at radius 1 is 0.968 bits per heavy atom. The number of hydrogen-bond donors (Lipinski definition) is 3. The summed E-state index contributed by atoms with van der Waals surface area (Å²) in [5.41, 5.74) is 2.22. The molecule has 0 unspecified atom stereocenters. The third-order valence-corrected chi connectivity index (χ3v) is 6.05. The first-order valence-electron chi connectivity index (χ1n) is 10.1. The van der Waals surface area contributed by atoms with Crippen LogP contribution in [-0.2, 0) is 9.59 Å². The van der Waals surface area contributed by atoms with Crippen LogP contribution in [0.3, 0.4) is 0 Å². The average Bonchev–Trinajstić information content (AvgIpc) is 3.15. The number of nitrogens with one attached hydrogen (secondary N) is 3. The van der Waals surface area contributed by atoms with Crippen molar-refractivity contribution in [3.63, 3.8) is 0 Å². The summed E-state index contributed by atoms with van der Waals surface area (Å²) >= 11 is 1.37. The lowest BCUT2D eigenvalue weighted by Crippen LogP contribution is -2.43. The molecule has 1 aliphatic rings. The van der Waals surface area contributed by atoms with Crippen molar-refractivity contribution in [2.45, 2.75) is 19.8 Å². The topological polar surface area (TPSA) is 103 Å². The highest BCUT2D eigenvalue weighted by atomic mass is 32.1. The summed E-state index contributed by atoms with van der Waals surface area (Å²) in [6, 6.07) is 14.6. The minimum absolute atomic E-state index is 0.0794. The van der Waals surface area contributed by atoms with Gasteiger partial charge in [0.05, 0.1) is 10.2 Å². The second kappa shape index (κ2) is 9.13. The van der Waals surface area contributed by atoms with E-state index in [0.717, 1.165) is 15.9 Å². The molecule has 31 heavy (non-hydrogen) atoms. The second-order valence-corrected chi connectivity index (χ2v) is 8.46. The number of fused-ring (bicyclic) bond motifs is 1. The average molecular weight is 438 g/mol. The second-order valence-electron chi connectivity index (χ2n) is 7.43. The number of nitrogens with zero attached hydrogens (tertiary/aromatic N) is 2. The van der Waals surface area contributed by atoms with E-state index in [-0.39, 0.29) is 23.8 Å². The monoisotopic (exact) mass is 437 g/mol. The van der Waals surface area contributed by atoms with E-state index in [1.165, 1.54) is 18.3 Å². The predicted molar refractivity (Wildman–Crippen MR) is 122 cm³/mol. The van der Waals surface area contributed by atoms with E-state index in [9.17, 15) is 14.4 Å². The Labute approximate surface area is 183 Å². The molecule has 0 radical (unpaired) electrons. The van der Waals surface area contributed by atoms with Crippen LogP contribution in [0, 0.1) is 5.92 Å². The molecule has 4 rings (SSSR count). The Morgan fingerprint density at radius 2 is 1.71 bits per heavy atom. The predicted octanol–water partition coefficient (Wildman–Crippen LogP) is 4.14. The first-order chi connectivity index (χ1) is 15.0. The van der Waals surface area contributed by atoms with E-state index in [4.69, 9.17) is 0 Å². The van der Waals surface area contributed by atoms with Gasteiger partial charge in [-0.2, -0.15) is 0 Å². The fourth-order valence-electron chi connectivity index (χ4n) is 3.54. The van der Waals surface area contributed by atoms with Crippen LogP contribution in [0.25, 0.3) is 10.2 Å². The van der Waals surface area contributed by atoms with Gasteiger partial charge >= 0.3 is 6.03 Å². The van der Waals surface area contributed by atoms with Gasteiger partial charge in [-0.05, 0) is 43.2 Å². The Balaban J connectivity index is 1.31. The van der Waals surface area contributed by atoms with Gasteiger partial charge in [0, 0.05) is 37.3 Å². The zero-order valence-electron chi connectivity index (χ0n) is 17.1. The summed E-state index contributed by atoms with van der Waals surface area (Å²) in [7, 11) is 0. The van der Waals surface area contributed by atoms with Gasteiger partial charge in [0.1, 0.15) is 0 Å². The van der Waals surface area contributed by atoms with Gasteiger partial charge in [-0.1, -0.05) is 29.5 Å². The normalized spacial score (nSPS) is 14.3. The zero-order valence-corrected chi connectivity index (χ0v) is 17.9. The Kier molecular flexibility index (Phi) is 6.13.